The molecule has 0 aliphatic heterocycles. The first kappa shape index (κ1) is 87.4. The lowest BCUT2D eigenvalue weighted by atomic mass is 9.49. The normalized spacial score (nSPS) is 43.5. The number of nitrogens with zero attached hydrogens (tertiary/aromatic N) is 15. The molecule has 16 aliphatic rings. The molecule has 8 heterocycles. The number of pyridine rings is 4. The van der Waals surface area contributed by atoms with Crippen molar-refractivity contribution in [3.05, 3.63) is 79.9 Å². The molecule has 0 unspecified atom stereocenters. The van der Waals surface area contributed by atoms with Gasteiger partial charge in [-0.2, -0.15) is 20.1 Å². The van der Waals surface area contributed by atoms with E-state index >= 15 is 0 Å². The van der Waals surface area contributed by atoms with Gasteiger partial charge in [0.2, 0.25) is 0 Å². The quantitative estimate of drug-likeness (QED) is 0.0883. The summed E-state index contributed by atoms with van der Waals surface area (Å²) in [6.45, 7) is 19.1. The average Bonchev–Trinajstić information content (AvgIpc) is 1.55. The molecule has 0 aromatic carbocycles. The van der Waals surface area contributed by atoms with Gasteiger partial charge in [0, 0.05) is 48.5 Å². The highest BCUT2D eigenvalue weighted by atomic mass is 16.3. The van der Waals surface area contributed by atoms with E-state index in [1.165, 1.54) is 154 Å². The Bertz CT molecular complexity index is 5000. The van der Waals surface area contributed by atoms with Crippen LogP contribution in [0.4, 0.5) is 0 Å². The summed E-state index contributed by atoms with van der Waals surface area (Å²) in [5.74, 6) is 17.0. The first-order valence-corrected chi connectivity index (χ1v) is 51.1. The van der Waals surface area contributed by atoms with E-state index in [1.807, 2.05) is 62.7 Å². The number of fused-ring (bicyclic) bond motifs is 24. The van der Waals surface area contributed by atoms with Crippen LogP contribution in [0.2, 0.25) is 0 Å². The minimum absolute atomic E-state index is 0.124. The van der Waals surface area contributed by atoms with Gasteiger partial charge in [-0.1, -0.05) is 38.1 Å². The second-order valence-corrected chi connectivity index (χ2v) is 47.8. The van der Waals surface area contributed by atoms with Crippen molar-refractivity contribution in [1.29, 1.82) is 0 Å². The van der Waals surface area contributed by atoms with Crippen molar-refractivity contribution in [3.63, 3.8) is 0 Å². The maximum absolute atomic E-state index is 13.6. The van der Waals surface area contributed by atoms with E-state index in [-0.39, 0.29) is 51.9 Å². The number of hydrogen-bond donors (Lipinski definition) is 4. The highest BCUT2D eigenvalue weighted by Crippen LogP contribution is 2.70. The zero-order chi connectivity index (χ0) is 88.3. The third kappa shape index (κ3) is 15.7. The summed E-state index contributed by atoms with van der Waals surface area (Å²) in [7, 11) is 0. The van der Waals surface area contributed by atoms with Gasteiger partial charge in [-0.15, -0.1) is 10.2 Å². The van der Waals surface area contributed by atoms with Crippen LogP contribution in [-0.2, 0) is 45.4 Å². The van der Waals surface area contributed by atoms with E-state index in [0.29, 0.717) is 90.1 Å². The van der Waals surface area contributed by atoms with Gasteiger partial charge >= 0.3 is 0 Å². The van der Waals surface area contributed by atoms with Crippen molar-refractivity contribution in [3.8, 4) is 0 Å². The van der Waals surface area contributed by atoms with Crippen LogP contribution in [0.1, 0.15) is 287 Å². The Balaban J connectivity index is 0.000000104. The Morgan fingerprint density at radius 2 is 0.656 bits per heavy atom. The van der Waals surface area contributed by atoms with Crippen LogP contribution in [-0.4, -0.2) is 141 Å². The topological polar surface area (TPSA) is 311 Å². The molecular formula is C105H145N15O8. The van der Waals surface area contributed by atoms with Crippen molar-refractivity contribution in [2.45, 2.75) is 335 Å². The Hall–Kier alpha value is -7.21. The van der Waals surface area contributed by atoms with E-state index in [0.717, 1.165) is 192 Å². The van der Waals surface area contributed by atoms with E-state index in [1.54, 1.807) is 63.7 Å². The van der Waals surface area contributed by atoms with Gasteiger partial charge in [0.05, 0.1) is 58.2 Å². The van der Waals surface area contributed by atoms with Crippen LogP contribution in [0, 0.1) is 164 Å². The van der Waals surface area contributed by atoms with Crippen molar-refractivity contribution >= 4 is 67.3 Å². The number of carbonyl (C=O) groups is 4. The summed E-state index contributed by atoms with van der Waals surface area (Å²) in [6.07, 6.45) is 55.5. The first-order valence-electron chi connectivity index (χ1n) is 51.1. The van der Waals surface area contributed by atoms with Gasteiger partial charge in [0.25, 0.3) is 0 Å². The number of hydrogen-bond acceptors (Lipinski definition) is 19. The zero-order valence-corrected chi connectivity index (χ0v) is 77.8. The van der Waals surface area contributed by atoms with Gasteiger partial charge in [0.1, 0.15) is 59.3 Å². The molecule has 0 spiro atoms. The van der Waals surface area contributed by atoms with Crippen LogP contribution in [0.5, 0.6) is 0 Å². The number of aliphatic hydroxyl groups is 4. The van der Waals surface area contributed by atoms with Gasteiger partial charge < -0.3 is 20.4 Å². The minimum atomic E-state index is -0.455. The Morgan fingerprint density at radius 1 is 0.312 bits per heavy atom. The molecule has 0 saturated heterocycles. The van der Waals surface area contributed by atoms with Crippen molar-refractivity contribution in [2.24, 2.45) is 164 Å². The van der Waals surface area contributed by atoms with Crippen LogP contribution in [0.15, 0.2) is 79.9 Å². The SMILES string of the molecule is C[C@@]1(O)CC[C@H]2[C@@H](CC[C@@H]3[C@@H]2CC[C@]2(C)[C@@H](C(=O)Cn4nc5ccncc5n4)CC[C@@H]32)C1.C[C@@]1(O)CC[C@H]2[C@@H](CC[C@@H]3[C@@H]2CC[C@]2(C)[C@@H](C(=O)Cn4ncc5ncccc54)CC[C@@H]32)C1.C[C@@]1(O)CC[C@H]2[C@@H](CC[C@@H]3[C@@H]2CC[C@]2(C)[C@@H](C(=O)Cn4nnc5ccncc54)CC[C@@H]32)C1.C[C@@]1(O)CC[C@H]2[C@@H](CC[C@@H]3[C@@H]2CC[C@]2(C)[C@@H](C(=O)Cn4nnc5cnccc54)CC[C@@H]32)C1. The average molecular weight is 1750 g/mol. The molecule has 128 heavy (non-hydrogen) atoms. The molecule has 24 rings (SSSR count). The van der Waals surface area contributed by atoms with E-state index in [9.17, 15) is 39.6 Å². The summed E-state index contributed by atoms with van der Waals surface area (Å²) < 4.78 is 5.36. The van der Waals surface area contributed by atoms with E-state index in [2.05, 4.69) is 83.6 Å². The number of rotatable bonds is 12. The lowest BCUT2D eigenvalue weighted by molar-refractivity contribution is -0.133. The molecule has 16 aliphatic carbocycles. The monoisotopic (exact) mass is 1740 g/mol. The number of ketones is 4. The third-order valence-corrected chi connectivity index (χ3v) is 41.0. The third-order valence-electron chi connectivity index (χ3n) is 41.0. The standard InChI is InChI=1S/C27H37N3O2.3C26H36N4O2/c1-26(32)11-9-18-17(14-26)5-6-20-19(18)10-12-27(2)21(20)7-8-22(27)25(31)16-30-24-4-3-13-28-23(24)15-29-30;1-25(32)10-7-17-16(13-25)3-4-19-18(17)8-11-26(2)20(19)5-6-21(26)24(31)15-30-23-9-12-27-14-22(23)28-29-30;1-25(32)10-7-17-16(13-25)3-4-19-18(17)8-11-26(2)20(19)5-6-21(26)24(31)15-30-23-14-27-12-9-22(23)28-29-30;1-25(32)10-7-17-16(13-25)3-4-19-18(17)8-11-26(2)20(19)5-6-21(26)24(31)15-30-28-22-9-12-27-14-23(22)29-30/h3-4,13,15,17-22,32H,5-12,14,16H2,1-2H3;3*9,12,14,16-21,32H,3-8,10-11,13,15H2,1-2H3/t17-,18-,19+,20+,21-,22+,26+,27-;3*16-,17-,18+,19+,20-,21+,25+,26-/m0000/s1. The molecule has 23 heteroatoms. The fourth-order valence-electron chi connectivity index (χ4n) is 35.3. The van der Waals surface area contributed by atoms with Crippen LogP contribution in [0.3, 0.4) is 0 Å². The first-order chi connectivity index (χ1) is 61.4. The summed E-state index contributed by atoms with van der Waals surface area (Å²) in [5, 5.41) is 72.8. The predicted octanol–water partition coefficient (Wildman–Crippen LogP) is 18.3. The molecule has 16 saturated carbocycles. The molecule has 16 fully saturated rings. The Labute approximate surface area is 756 Å². The largest absolute Gasteiger partial charge is 0.390 e. The number of aromatic nitrogens is 15. The molecule has 0 bridgehead atoms. The van der Waals surface area contributed by atoms with E-state index in [4.69, 9.17) is 0 Å². The summed E-state index contributed by atoms with van der Waals surface area (Å²) >= 11 is 0. The number of carbonyl (C=O) groups excluding carboxylic acids is 4. The minimum Gasteiger partial charge on any atom is -0.390 e. The Kier molecular flexibility index (Phi) is 22.9. The number of Topliss-reactive ketones (excluding diaryl/α,β-unsaturated/α-hetero) is 4. The lowest BCUT2D eigenvalue weighted by Crippen LogP contribution is -2.51. The second-order valence-electron chi connectivity index (χ2n) is 47.8. The molecular weight excluding hydrogens is 1600 g/mol. The summed E-state index contributed by atoms with van der Waals surface area (Å²) in [6, 6.07) is 9.51. The van der Waals surface area contributed by atoms with Gasteiger partial charge in [-0.3, -0.25) is 43.8 Å². The van der Waals surface area contributed by atoms with Crippen molar-refractivity contribution < 1.29 is 39.6 Å². The van der Waals surface area contributed by atoms with Crippen molar-refractivity contribution in [1.82, 2.24) is 74.7 Å². The second kappa shape index (κ2) is 33.5. The molecule has 688 valence electrons. The molecule has 0 amide bonds. The van der Waals surface area contributed by atoms with Gasteiger partial charge in [-0.05, 0) is 429 Å². The van der Waals surface area contributed by atoms with Gasteiger partial charge in [0.15, 0.2) is 23.1 Å². The predicted molar refractivity (Wildman–Crippen MR) is 488 cm³/mol. The van der Waals surface area contributed by atoms with Crippen LogP contribution >= 0.6 is 0 Å². The zero-order valence-electron chi connectivity index (χ0n) is 77.8. The molecule has 8 aromatic rings. The molecule has 0 radical (unpaired) electrons. The molecule has 32 atom stereocenters. The fourth-order valence-corrected chi connectivity index (χ4v) is 35.3. The highest BCUT2D eigenvalue weighted by molar-refractivity contribution is 5.86. The van der Waals surface area contributed by atoms with Gasteiger partial charge in [-0.25, -0.2) is 9.36 Å². The molecule has 4 N–H and O–H groups in total. The van der Waals surface area contributed by atoms with Crippen LogP contribution in [0.25, 0.3) is 44.1 Å². The smallest absolute Gasteiger partial charge is 0.159 e. The molecule has 23 nitrogen and oxygen atoms in total. The lowest BCUT2D eigenvalue weighted by Gasteiger charge is -2.56. The maximum Gasteiger partial charge on any atom is 0.159 e. The molecule has 8 aromatic heterocycles. The van der Waals surface area contributed by atoms with Crippen LogP contribution < -0.4 is 0 Å². The Morgan fingerprint density at radius 3 is 1.08 bits per heavy atom. The highest BCUT2D eigenvalue weighted by Gasteiger charge is 2.64. The van der Waals surface area contributed by atoms with E-state index < -0.39 is 22.4 Å². The van der Waals surface area contributed by atoms with Crippen molar-refractivity contribution in [2.75, 3.05) is 0 Å². The summed E-state index contributed by atoms with van der Waals surface area (Å²) in [4.78, 5) is 72.5. The maximum atomic E-state index is 13.6. The summed E-state index contributed by atoms with van der Waals surface area (Å²) in [5.41, 5.74) is 5.35. The fraction of sp³-hybridized carbons (Fsp3) is 0.762.